The maximum atomic E-state index is 10.4. The summed E-state index contributed by atoms with van der Waals surface area (Å²) in [6.45, 7) is 2.24. The Morgan fingerprint density at radius 3 is 2.85 bits per heavy atom. The predicted molar refractivity (Wildman–Crippen MR) is 119 cm³/mol. The fraction of sp³-hybridized carbons (Fsp3) is 0.522. The summed E-state index contributed by atoms with van der Waals surface area (Å²) >= 11 is 0. The van der Waals surface area contributed by atoms with Crippen LogP contribution in [0.4, 0.5) is 5.82 Å². The van der Waals surface area contributed by atoms with Crippen LogP contribution >= 0.6 is 0 Å². The van der Waals surface area contributed by atoms with Gasteiger partial charge in [-0.25, -0.2) is 15.0 Å². The van der Waals surface area contributed by atoms with E-state index in [-0.39, 0.29) is 12.1 Å². The number of aliphatic hydroxyl groups excluding tert-OH is 3. The number of rotatable bonds is 7. The van der Waals surface area contributed by atoms with Crippen LogP contribution < -0.4 is 5.32 Å². The van der Waals surface area contributed by atoms with Gasteiger partial charge in [-0.05, 0) is 31.7 Å². The minimum atomic E-state index is -1.21. The maximum absolute atomic E-state index is 10.4. The van der Waals surface area contributed by atoms with Gasteiger partial charge in [0.25, 0.3) is 0 Å². The molecule has 2 aliphatic rings. The monoisotopic (exact) mass is 455 g/mol. The van der Waals surface area contributed by atoms with E-state index >= 15 is 0 Å². The smallest absolute Gasteiger partial charge is 0.167 e. The molecular formula is C23H29N5O5. The standard InChI is InChI=1S/C23H29N5O5/c1-13-4-2-5-14(8-13)10-32-16-7-3-6-15(16)27-21-18-22(25-11-24-21)28(12-26-18)23-20(31)19(30)17(9-29)33-23/h2,4-5,8,11-12,15-17,19-20,23,29-31H,3,6-7,9-10H2,1H3,(H,24,25,27)/t15-,16-,17+,19+,20+,23+/m0/s1. The Morgan fingerprint density at radius 2 is 2.06 bits per heavy atom. The van der Waals surface area contributed by atoms with Crippen molar-refractivity contribution < 1.29 is 24.8 Å². The fourth-order valence-corrected chi connectivity index (χ4v) is 4.73. The molecule has 176 valence electrons. The molecule has 4 N–H and O–H groups in total. The molecule has 1 aromatic carbocycles. The molecule has 1 saturated heterocycles. The summed E-state index contributed by atoms with van der Waals surface area (Å²) in [5.74, 6) is 0.585. The van der Waals surface area contributed by atoms with Crippen molar-refractivity contribution >= 4 is 17.0 Å². The average Bonchev–Trinajstić information content (AvgIpc) is 3.51. The number of fused-ring (bicyclic) bond motifs is 1. The minimum Gasteiger partial charge on any atom is -0.394 e. The first kappa shape index (κ1) is 22.2. The number of ether oxygens (including phenoxy) is 2. The Morgan fingerprint density at radius 1 is 1.18 bits per heavy atom. The second-order valence-corrected chi connectivity index (χ2v) is 8.80. The van der Waals surface area contributed by atoms with Crippen LogP contribution in [-0.2, 0) is 16.1 Å². The van der Waals surface area contributed by atoms with Gasteiger partial charge in [0.05, 0.1) is 31.7 Å². The van der Waals surface area contributed by atoms with Crippen molar-refractivity contribution in [3.8, 4) is 0 Å². The number of nitrogens with zero attached hydrogens (tertiary/aromatic N) is 4. The lowest BCUT2D eigenvalue weighted by Crippen LogP contribution is -2.33. The molecule has 3 heterocycles. The predicted octanol–water partition coefficient (Wildman–Crippen LogP) is 1.30. The molecule has 1 aliphatic carbocycles. The topological polar surface area (TPSA) is 135 Å². The number of aryl methyl sites for hydroxylation is 1. The first-order valence-corrected chi connectivity index (χ1v) is 11.3. The zero-order valence-electron chi connectivity index (χ0n) is 18.4. The molecule has 2 aromatic heterocycles. The number of nitrogens with one attached hydrogen (secondary N) is 1. The SMILES string of the molecule is Cc1cccc(CO[C@H]2CCC[C@@H]2Nc2ncnc3c2ncn3[C@@H]2O[C@H](CO)[C@@H](O)[C@H]2O)c1. The van der Waals surface area contributed by atoms with Crippen LogP contribution in [0.5, 0.6) is 0 Å². The average molecular weight is 456 g/mol. The largest absolute Gasteiger partial charge is 0.394 e. The van der Waals surface area contributed by atoms with E-state index in [9.17, 15) is 15.3 Å². The molecule has 33 heavy (non-hydrogen) atoms. The van der Waals surface area contributed by atoms with E-state index in [1.807, 2.05) is 6.07 Å². The number of imidazole rings is 1. The third kappa shape index (κ3) is 4.32. The van der Waals surface area contributed by atoms with Crippen LogP contribution in [0.25, 0.3) is 11.2 Å². The summed E-state index contributed by atoms with van der Waals surface area (Å²) < 4.78 is 13.4. The summed E-state index contributed by atoms with van der Waals surface area (Å²) in [5.41, 5.74) is 3.38. The third-order valence-electron chi connectivity index (χ3n) is 6.47. The molecule has 2 fully saturated rings. The summed E-state index contributed by atoms with van der Waals surface area (Å²) in [5, 5.41) is 33.3. The van der Waals surface area contributed by atoms with Gasteiger partial charge in [-0.1, -0.05) is 29.8 Å². The number of hydrogen-bond acceptors (Lipinski definition) is 9. The molecule has 10 heteroatoms. The number of benzene rings is 1. The summed E-state index contributed by atoms with van der Waals surface area (Å²) in [6.07, 6.45) is 1.80. The van der Waals surface area contributed by atoms with Crippen LogP contribution in [0.15, 0.2) is 36.9 Å². The maximum Gasteiger partial charge on any atom is 0.167 e. The number of aliphatic hydroxyl groups is 3. The van der Waals surface area contributed by atoms with Gasteiger partial charge in [-0.3, -0.25) is 4.57 Å². The van der Waals surface area contributed by atoms with Crippen LogP contribution in [0.1, 0.15) is 36.6 Å². The van der Waals surface area contributed by atoms with Crippen molar-refractivity contribution in [1.82, 2.24) is 19.5 Å². The van der Waals surface area contributed by atoms with E-state index in [0.717, 1.165) is 24.8 Å². The second-order valence-electron chi connectivity index (χ2n) is 8.80. The molecule has 0 bridgehead atoms. The minimum absolute atomic E-state index is 0.0538. The molecule has 0 radical (unpaired) electrons. The van der Waals surface area contributed by atoms with Crippen molar-refractivity contribution in [2.45, 2.75) is 69.5 Å². The van der Waals surface area contributed by atoms with E-state index in [0.29, 0.717) is 23.6 Å². The number of anilines is 1. The Hall–Kier alpha value is -2.63. The zero-order chi connectivity index (χ0) is 22.9. The van der Waals surface area contributed by atoms with E-state index in [4.69, 9.17) is 9.47 Å². The fourth-order valence-electron chi connectivity index (χ4n) is 4.73. The highest BCUT2D eigenvalue weighted by Crippen LogP contribution is 2.33. The van der Waals surface area contributed by atoms with Crippen LogP contribution in [0.2, 0.25) is 0 Å². The Balaban J connectivity index is 1.32. The molecule has 0 spiro atoms. The van der Waals surface area contributed by atoms with Crippen LogP contribution in [0.3, 0.4) is 0 Å². The van der Waals surface area contributed by atoms with Gasteiger partial charge in [0.1, 0.15) is 24.6 Å². The molecule has 0 amide bonds. The van der Waals surface area contributed by atoms with E-state index in [2.05, 4.69) is 45.4 Å². The Kier molecular flexibility index (Phi) is 6.26. The van der Waals surface area contributed by atoms with Gasteiger partial charge in [-0.15, -0.1) is 0 Å². The number of aromatic nitrogens is 4. The highest BCUT2D eigenvalue weighted by Gasteiger charge is 2.44. The Bertz CT molecular complexity index is 1110. The van der Waals surface area contributed by atoms with Gasteiger partial charge in [0.2, 0.25) is 0 Å². The third-order valence-corrected chi connectivity index (χ3v) is 6.47. The van der Waals surface area contributed by atoms with Crippen LogP contribution in [-0.4, -0.2) is 71.9 Å². The van der Waals surface area contributed by atoms with Gasteiger partial charge in [0.15, 0.2) is 23.2 Å². The van der Waals surface area contributed by atoms with Crippen molar-refractivity contribution in [2.24, 2.45) is 0 Å². The molecule has 3 aromatic rings. The summed E-state index contributed by atoms with van der Waals surface area (Å²) in [7, 11) is 0. The van der Waals surface area contributed by atoms with Crippen LogP contribution in [0, 0.1) is 6.92 Å². The molecular weight excluding hydrogens is 426 g/mol. The summed E-state index contributed by atoms with van der Waals surface area (Å²) in [6, 6.07) is 8.41. The second kappa shape index (κ2) is 9.32. The van der Waals surface area contributed by atoms with Crippen molar-refractivity contribution in [2.75, 3.05) is 11.9 Å². The van der Waals surface area contributed by atoms with Gasteiger partial charge >= 0.3 is 0 Å². The van der Waals surface area contributed by atoms with Crippen molar-refractivity contribution in [1.29, 1.82) is 0 Å². The molecule has 10 nitrogen and oxygen atoms in total. The van der Waals surface area contributed by atoms with Crippen molar-refractivity contribution in [3.05, 3.63) is 48.0 Å². The lowest BCUT2D eigenvalue weighted by molar-refractivity contribution is -0.0511. The molecule has 1 saturated carbocycles. The quantitative estimate of drug-likeness (QED) is 0.416. The Labute approximate surface area is 191 Å². The molecule has 1 aliphatic heterocycles. The normalized spacial score (nSPS) is 29.7. The molecule has 5 rings (SSSR count). The van der Waals surface area contributed by atoms with E-state index < -0.39 is 31.1 Å². The molecule has 0 unspecified atom stereocenters. The number of hydrogen-bond donors (Lipinski definition) is 4. The van der Waals surface area contributed by atoms with Crippen molar-refractivity contribution in [3.63, 3.8) is 0 Å². The van der Waals surface area contributed by atoms with Gasteiger partial charge in [0, 0.05) is 0 Å². The van der Waals surface area contributed by atoms with E-state index in [1.165, 1.54) is 18.2 Å². The first-order valence-electron chi connectivity index (χ1n) is 11.3. The van der Waals surface area contributed by atoms with Gasteiger partial charge < -0.3 is 30.1 Å². The lowest BCUT2D eigenvalue weighted by Gasteiger charge is -2.22. The zero-order valence-corrected chi connectivity index (χ0v) is 18.4. The lowest BCUT2D eigenvalue weighted by atomic mass is 10.1. The van der Waals surface area contributed by atoms with E-state index in [1.54, 1.807) is 4.57 Å². The summed E-state index contributed by atoms with van der Waals surface area (Å²) in [4.78, 5) is 13.2. The molecule has 6 atom stereocenters. The van der Waals surface area contributed by atoms with Gasteiger partial charge in [-0.2, -0.15) is 0 Å². The highest BCUT2D eigenvalue weighted by atomic mass is 16.6. The highest BCUT2D eigenvalue weighted by molar-refractivity contribution is 5.82. The first-order chi connectivity index (χ1) is 16.0.